The van der Waals surface area contributed by atoms with E-state index in [-0.39, 0.29) is 60.0 Å². The molecule has 3 saturated heterocycles. The second kappa shape index (κ2) is 12.9. The van der Waals surface area contributed by atoms with Crippen molar-refractivity contribution in [2.75, 3.05) is 24.2 Å². The Morgan fingerprint density at radius 1 is 1.12 bits per heavy atom. The topological polar surface area (TPSA) is 87.7 Å². The number of halogens is 2. The third-order valence-electron chi connectivity index (χ3n) is 8.89. The number of carbonyl (C=O) groups is 1. The van der Waals surface area contributed by atoms with Gasteiger partial charge >= 0.3 is 0 Å². The van der Waals surface area contributed by atoms with E-state index in [1.807, 2.05) is 13.8 Å². The van der Waals surface area contributed by atoms with Gasteiger partial charge in [0.15, 0.2) is 0 Å². The van der Waals surface area contributed by atoms with Crippen LogP contribution >= 0.6 is 0 Å². The molecule has 6 atom stereocenters. The number of piperazine rings is 1. The van der Waals surface area contributed by atoms with E-state index in [2.05, 4.69) is 10.6 Å². The number of nitrogens with zero attached hydrogens (tertiary/aromatic N) is 1. The van der Waals surface area contributed by atoms with E-state index in [0.29, 0.717) is 43.6 Å². The molecule has 2 aromatic rings. The summed E-state index contributed by atoms with van der Waals surface area (Å²) in [5.74, 6) is -0.818. The van der Waals surface area contributed by atoms with Crippen LogP contribution in [-0.2, 0) is 26.0 Å². The first-order valence-electron chi connectivity index (χ1n) is 14.8. The summed E-state index contributed by atoms with van der Waals surface area (Å²) in [5, 5.41) is 6.40. The molecule has 1 unspecified atom stereocenters. The Morgan fingerprint density at radius 3 is 2.59 bits per heavy atom. The minimum absolute atomic E-state index is 0.0575. The van der Waals surface area contributed by atoms with E-state index in [0.717, 1.165) is 24.8 Å². The molecule has 2 aromatic carbocycles. The number of nitrogens with one attached hydrogen (secondary N) is 2. The van der Waals surface area contributed by atoms with Crippen LogP contribution in [0.2, 0.25) is 0 Å². The van der Waals surface area contributed by atoms with Gasteiger partial charge in [-0.1, -0.05) is 18.2 Å². The van der Waals surface area contributed by atoms with Crippen molar-refractivity contribution in [2.24, 2.45) is 5.92 Å². The monoisotopic (exact) mass is 589 g/mol. The fraction of sp³-hybridized carbons (Fsp3) is 0.581. The zero-order valence-electron chi connectivity index (χ0n) is 23.8. The molecule has 3 aliphatic heterocycles. The Hall–Kier alpha value is -2.40. The van der Waals surface area contributed by atoms with Crippen molar-refractivity contribution in [3.8, 4) is 0 Å². The largest absolute Gasteiger partial charge is 0.376 e. The van der Waals surface area contributed by atoms with Crippen LogP contribution in [0.5, 0.6) is 0 Å². The van der Waals surface area contributed by atoms with E-state index >= 15 is 4.39 Å². The average molecular weight is 590 g/mol. The number of anilines is 1. The lowest BCUT2D eigenvalue weighted by Crippen LogP contribution is -2.57. The molecular weight excluding hydrogens is 548 g/mol. The minimum atomic E-state index is -3.35. The van der Waals surface area contributed by atoms with E-state index in [1.165, 1.54) is 18.2 Å². The third-order valence-corrected chi connectivity index (χ3v) is 10.9. The first kappa shape index (κ1) is 30.1. The lowest BCUT2D eigenvalue weighted by atomic mass is 9.76. The van der Waals surface area contributed by atoms with Gasteiger partial charge in [0, 0.05) is 42.8 Å². The van der Waals surface area contributed by atoms with Crippen LogP contribution in [-0.4, -0.2) is 61.8 Å². The summed E-state index contributed by atoms with van der Waals surface area (Å²) in [6, 6.07) is 10.8. The van der Waals surface area contributed by atoms with Crippen molar-refractivity contribution in [3.05, 3.63) is 65.2 Å². The Labute approximate surface area is 242 Å². The van der Waals surface area contributed by atoms with Gasteiger partial charge in [-0.05, 0) is 94.0 Å². The normalized spacial score (nSPS) is 30.2. The fourth-order valence-corrected chi connectivity index (χ4v) is 8.75. The lowest BCUT2D eigenvalue weighted by Gasteiger charge is -2.37. The predicted octanol–water partition coefficient (Wildman–Crippen LogP) is 4.98. The van der Waals surface area contributed by atoms with Gasteiger partial charge in [0.2, 0.25) is 15.9 Å². The number of hydrogen-bond acceptors (Lipinski definition) is 5. The molecule has 0 radical (unpaired) electrons. The molecular formula is C31H41F2N3O4S. The van der Waals surface area contributed by atoms with Crippen LogP contribution in [0.15, 0.2) is 42.5 Å². The van der Waals surface area contributed by atoms with Crippen LogP contribution in [0.4, 0.5) is 14.5 Å². The molecule has 7 nitrogen and oxygen atoms in total. The summed E-state index contributed by atoms with van der Waals surface area (Å²) in [5.41, 5.74) is 1.68. The van der Waals surface area contributed by atoms with Gasteiger partial charge in [-0.25, -0.2) is 17.2 Å². The third kappa shape index (κ3) is 7.34. The molecule has 3 fully saturated rings. The number of amides is 1. The molecule has 3 aliphatic rings. The van der Waals surface area contributed by atoms with E-state index < -0.39 is 15.8 Å². The number of rotatable bonds is 8. The smallest absolute Gasteiger partial charge is 0.225 e. The Kier molecular flexibility index (Phi) is 9.43. The summed E-state index contributed by atoms with van der Waals surface area (Å²) in [6.45, 7) is 5.04. The number of ether oxygens (including phenoxy) is 1. The maximum atomic E-state index is 15.1. The molecule has 0 saturated carbocycles. The fourth-order valence-electron chi connectivity index (χ4n) is 6.94. The molecule has 224 valence electrons. The number of benzene rings is 2. The Balaban J connectivity index is 1.30. The SMILES string of the molecule is C[C@@H]1CC([C@@H](CC(=O)Nc2cccc(F)c2CC[C@H]2CN[C@@H]3CCCS(=O)(=O)N2C3)c2ccc(F)cc2)C[C@@H](C)O1. The Bertz CT molecular complexity index is 1310. The highest BCUT2D eigenvalue weighted by Gasteiger charge is 2.38. The van der Waals surface area contributed by atoms with Gasteiger partial charge in [-0.15, -0.1) is 0 Å². The number of carbonyl (C=O) groups excluding carboxylic acids is 1. The highest BCUT2D eigenvalue weighted by atomic mass is 32.2. The molecule has 5 rings (SSSR count). The molecule has 0 aromatic heterocycles. The van der Waals surface area contributed by atoms with Gasteiger partial charge in [0.05, 0.1) is 18.0 Å². The molecule has 1 amide bonds. The maximum absolute atomic E-state index is 15.1. The van der Waals surface area contributed by atoms with Crippen LogP contribution in [0, 0.1) is 17.6 Å². The second-order valence-electron chi connectivity index (χ2n) is 12.0. The lowest BCUT2D eigenvalue weighted by molar-refractivity contribution is -0.117. The van der Waals surface area contributed by atoms with E-state index in [1.54, 1.807) is 28.6 Å². The predicted molar refractivity (Wildman–Crippen MR) is 155 cm³/mol. The first-order chi connectivity index (χ1) is 19.6. The zero-order chi connectivity index (χ0) is 29.1. The van der Waals surface area contributed by atoms with E-state index in [4.69, 9.17) is 4.74 Å². The molecule has 0 aliphatic carbocycles. The van der Waals surface area contributed by atoms with Crippen molar-refractivity contribution in [3.63, 3.8) is 0 Å². The summed E-state index contributed by atoms with van der Waals surface area (Å²) in [6.07, 6.45) is 4.07. The number of hydrogen-bond donors (Lipinski definition) is 2. The van der Waals surface area contributed by atoms with Crippen LogP contribution < -0.4 is 10.6 Å². The first-order valence-corrected chi connectivity index (χ1v) is 16.4. The van der Waals surface area contributed by atoms with Gasteiger partial charge < -0.3 is 15.4 Å². The number of fused-ring (bicyclic) bond motifs is 2. The molecule has 2 bridgehead atoms. The summed E-state index contributed by atoms with van der Waals surface area (Å²) in [4.78, 5) is 13.5. The average Bonchev–Trinajstić information content (AvgIpc) is 3.03. The summed E-state index contributed by atoms with van der Waals surface area (Å²) >= 11 is 0. The van der Waals surface area contributed by atoms with Crippen molar-refractivity contribution >= 4 is 21.6 Å². The van der Waals surface area contributed by atoms with Gasteiger partial charge in [-0.2, -0.15) is 4.31 Å². The zero-order valence-corrected chi connectivity index (χ0v) is 24.6. The van der Waals surface area contributed by atoms with Crippen molar-refractivity contribution in [2.45, 2.75) is 89.0 Å². The van der Waals surface area contributed by atoms with Crippen molar-refractivity contribution in [1.29, 1.82) is 0 Å². The van der Waals surface area contributed by atoms with Crippen LogP contribution in [0.25, 0.3) is 0 Å². The molecule has 10 heteroatoms. The second-order valence-corrected chi connectivity index (χ2v) is 14.0. The molecule has 41 heavy (non-hydrogen) atoms. The molecule has 3 heterocycles. The van der Waals surface area contributed by atoms with Gasteiger partial charge in [0.1, 0.15) is 11.6 Å². The van der Waals surface area contributed by atoms with Crippen molar-refractivity contribution in [1.82, 2.24) is 9.62 Å². The summed E-state index contributed by atoms with van der Waals surface area (Å²) < 4.78 is 62.1. The molecule has 0 spiro atoms. The maximum Gasteiger partial charge on any atom is 0.225 e. The standard InChI is InChI=1S/C31H41F2N3O4S/c1-20-15-23(16-21(2)40-20)28(22-8-10-24(32)11-9-22)17-31(37)35-30-7-3-6-29(33)27(30)13-12-26-18-34-25-5-4-14-41(38,39)36(26)19-25/h3,6-11,20-21,23,25-26,28,34H,4-5,12-19H2,1-2H3,(H,35,37)/t20-,21-,25-,26+,28+/m1/s1. The number of sulfonamides is 1. The highest BCUT2D eigenvalue weighted by molar-refractivity contribution is 7.89. The van der Waals surface area contributed by atoms with Gasteiger partial charge in [-0.3, -0.25) is 4.79 Å². The van der Waals surface area contributed by atoms with E-state index in [9.17, 15) is 17.6 Å². The summed E-state index contributed by atoms with van der Waals surface area (Å²) in [7, 11) is -3.35. The highest BCUT2D eigenvalue weighted by Crippen LogP contribution is 2.39. The quantitative estimate of drug-likeness (QED) is 0.454. The van der Waals surface area contributed by atoms with Crippen LogP contribution in [0.1, 0.15) is 69.4 Å². The van der Waals surface area contributed by atoms with Crippen LogP contribution in [0.3, 0.4) is 0 Å². The molecule has 2 N–H and O–H groups in total. The van der Waals surface area contributed by atoms with Gasteiger partial charge in [0.25, 0.3) is 0 Å². The minimum Gasteiger partial charge on any atom is -0.376 e. The van der Waals surface area contributed by atoms with Crippen molar-refractivity contribution < 1.29 is 26.7 Å². The Morgan fingerprint density at radius 2 is 1.85 bits per heavy atom.